The second-order valence-corrected chi connectivity index (χ2v) is 5.51. The molecule has 2 aromatic carbocycles. The summed E-state index contributed by atoms with van der Waals surface area (Å²) in [6.07, 6.45) is 2.94. The standard InChI is InChI=1S/C17H14Cl2O2/c1-11-3-7-15(9-12(11)2)21-17(20)8-5-13-4-6-14(18)10-16(13)19/h3-10H,1-2H3/b8-5+. The molecule has 0 spiro atoms. The molecule has 0 fully saturated rings. The van der Waals surface area contributed by atoms with E-state index < -0.39 is 5.97 Å². The lowest BCUT2D eigenvalue weighted by molar-refractivity contribution is -0.128. The van der Waals surface area contributed by atoms with Gasteiger partial charge in [0.2, 0.25) is 0 Å². The zero-order valence-corrected chi connectivity index (χ0v) is 13.2. The minimum Gasteiger partial charge on any atom is -0.423 e. The van der Waals surface area contributed by atoms with E-state index in [1.54, 1.807) is 30.3 Å². The van der Waals surface area contributed by atoms with Crippen LogP contribution in [0.25, 0.3) is 6.08 Å². The van der Waals surface area contributed by atoms with Crippen LogP contribution in [-0.4, -0.2) is 5.97 Å². The van der Waals surface area contributed by atoms with Crippen LogP contribution < -0.4 is 4.74 Å². The first-order chi connectivity index (χ1) is 9.95. The van der Waals surface area contributed by atoms with Gasteiger partial charge >= 0.3 is 5.97 Å². The number of hydrogen-bond donors (Lipinski definition) is 0. The number of aryl methyl sites for hydroxylation is 2. The molecule has 0 saturated heterocycles. The largest absolute Gasteiger partial charge is 0.423 e. The Morgan fingerprint density at radius 3 is 2.48 bits per heavy atom. The van der Waals surface area contributed by atoms with E-state index >= 15 is 0 Å². The Morgan fingerprint density at radius 1 is 1.05 bits per heavy atom. The van der Waals surface area contributed by atoms with E-state index in [1.165, 1.54) is 6.08 Å². The highest BCUT2D eigenvalue weighted by molar-refractivity contribution is 6.35. The van der Waals surface area contributed by atoms with Crippen molar-refractivity contribution in [1.82, 2.24) is 0 Å². The van der Waals surface area contributed by atoms with Crippen molar-refractivity contribution in [2.75, 3.05) is 0 Å². The molecule has 0 bridgehead atoms. The summed E-state index contributed by atoms with van der Waals surface area (Å²) in [5, 5.41) is 1.03. The fourth-order valence-electron chi connectivity index (χ4n) is 1.72. The van der Waals surface area contributed by atoms with Crippen LogP contribution in [0.15, 0.2) is 42.5 Å². The minimum absolute atomic E-state index is 0.454. The first kappa shape index (κ1) is 15.6. The highest BCUT2D eigenvalue weighted by Crippen LogP contribution is 2.22. The highest BCUT2D eigenvalue weighted by atomic mass is 35.5. The van der Waals surface area contributed by atoms with Crippen LogP contribution >= 0.6 is 23.2 Å². The molecule has 0 aliphatic rings. The quantitative estimate of drug-likeness (QED) is 0.439. The van der Waals surface area contributed by atoms with E-state index in [1.807, 2.05) is 26.0 Å². The van der Waals surface area contributed by atoms with Crippen molar-refractivity contribution >= 4 is 35.2 Å². The molecule has 0 saturated carbocycles. The summed E-state index contributed by atoms with van der Waals surface area (Å²) in [6.45, 7) is 3.97. The van der Waals surface area contributed by atoms with Gasteiger partial charge in [-0.3, -0.25) is 0 Å². The lowest BCUT2D eigenvalue weighted by Gasteiger charge is -2.04. The molecule has 2 rings (SSSR count). The fraction of sp³-hybridized carbons (Fsp3) is 0.118. The molecule has 0 atom stereocenters. The number of esters is 1. The molecule has 0 heterocycles. The van der Waals surface area contributed by atoms with Gasteiger partial charge < -0.3 is 4.74 Å². The molecule has 21 heavy (non-hydrogen) atoms. The third-order valence-electron chi connectivity index (χ3n) is 3.06. The Bertz CT molecular complexity index is 706. The van der Waals surface area contributed by atoms with Crippen LogP contribution in [0.2, 0.25) is 10.0 Å². The van der Waals surface area contributed by atoms with E-state index in [0.29, 0.717) is 21.4 Å². The van der Waals surface area contributed by atoms with Gasteiger partial charge in [-0.05, 0) is 60.9 Å². The lowest BCUT2D eigenvalue weighted by Crippen LogP contribution is -2.03. The van der Waals surface area contributed by atoms with Gasteiger partial charge in [-0.2, -0.15) is 0 Å². The van der Waals surface area contributed by atoms with Gasteiger partial charge in [-0.25, -0.2) is 4.79 Å². The zero-order valence-electron chi connectivity index (χ0n) is 11.7. The first-order valence-corrected chi connectivity index (χ1v) is 7.13. The molecule has 2 nitrogen and oxygen atoms in total. The third-order valence-corrected chi connectivity index (χ3v) is 3.62. The van der Waals surface area contributed by atoms with Gasteiger partial charge in [0, 0.05) is 16.1 Å². The van der Waals surface area contributed by atoms with Gasteiger partial charge in [0.25, 0.3) is 0 Å². The smallest absolute Gasteiger partial charge is 0.336 e. The topological polar surface area (TPSA) is 26.3 Å². The molecule has 2 aromatic rings. The summed E-state index contributed by atoms with van der Waals surface area (Å²) in [7, 11) is 0. The maximum absolute atomic E-state index is 11.8. The van der Waals surface area contributed by atoms with Gasteiger partial charge in [-0.1, -0.05) is 35.3 Å². The van der Waals surface area contributed by atoms with Crippen molar-refractivity contribution in [2.24, 2.45) is 0 Å². The predicted molar refractivity (Wildman–Crippen MR) is 87.0 cm³/mol. The van der Waals surface area contributed by atoms with Crippen molar-refractivity contribution in [1.29, 1.82) is 0 Å². The maximum Gasteiger partial charge on any atom is 0.336 e. The summed E-state index contributed by atoms with van der Waals surface area (Å²) in [5.41, 5.74) is 2.93. The Labute approximate surface area is 134 Å². The molecular formula is C17H14Cl2O2. The number of rotatable bonds is 3. The van der Waals surface area contributed by atoms with Crippen molar-refractivity contribution in [3.63, 3.8) is 0 Å². The molecule has 0 unspecified atom stereocenters. The summed E-state index contributed by atoms with van der Waals surface area (Å²) in [6, 6.07) is 10.6. The van der Waals surface area contributed by atoms with Crippen molar-refractivity contribution < 1.29 is 9.53 Å². The molecule has 0 amide bonds. The molecule has 0 aromatic heterocycles. The van der Waals surface area contributed by atoms with Crippen molar-refractivity contribution in [3.05, 3.63) is 69.2 Å². The molecule has 4 heteroatoms. The molecule has 0 aliphatic carbocycles. The first-order valence-electron chi connectivity index (χ1n) is 6.38. The maximum atomic E-state index is 11.8. The zero-order chi connectivity index (χ0) is 15.4. The van der Waals surface area contributed by atoms with Crippen LogP contribution in [0.4, 0.5) is 0 Å². The Balaban J connectivity index is 2.07. The highest BCUT2D eigenvalue weighted by Gasteiger charge is 2.03. The van der Waals surface area contributed by atoms with Gasteiger partial charge in [0.05, 0.1) is 0 Å². The summed E-state index contributed by atoms with van der Waals surface area (Å²) in [5.74, 6) is 0.0687. The number of benzene rings is 2. The van der Waals surface area contributed by atoms with E-state index in [0.717, 1.165) is 11.1 Å². The number of carbonyl (C=O) groups excluding carboxylic acids is 1. The second kappa shape index (κ2) is 6.79. The number of ether oxygens (including phenoxy) is 1. The minimum atomic E-state index is -0.454. The van der Waals surface area contributed by atoms with E-state index in [-0.39, 0.29) is 0 Å². The molecule has 108 valence electrons. The second-order valence-electron chi connectivity index (χ2n) is 4.67. The lowest BCUT2D eigenvalue weighted by atomic mass is 10.1. The third kappa shape index (κ3) is 4.35. The number of hydrogen-bond acceptors (Lipinski definition) is 2. The van der Waals surface area contributed by atoms with Gasteiger partial charge in [0.1, 0.15) is 5.75 Å². The summed E-state index contributed by atoms with van der Waals surface area (Å²) >= 11 is 11.8. The normalized spacial score (nSPS) is 10.9. The number of carbonyl (C=O) groups is 1. The average molecular weight is 321 g/mol. The van der Waals surface area contributed by atoms with E-state index in [9.17, 15) is 4.79 Å². The van der Waals surface area contributed by atoms with Crippen LogP contribution in [0.3, 0.4) is 0 Å². The molecule has 0 aliphatic heterocycles. The van der Waals surface area contributed by atoms with Crippen LogP contribution in [0.5, 0.6) is 5.75 Å². The summed E-state index contributed by atoms with van der Waals surface area (Å²) < 4.78 is 5.24. The summed E-state index contributed by atoms with van der Waals surface area (Å²) in [4.78, 5) is 11.8. The van der Waals surface area contributed by atoms with Gasteiger partial charge in [-0.15, -0.1) is 0 Å². The number of halogens is 2. The van der Waals surface area contributed by atoms with E-state index in [2.05, 4.69) is 0 Å². The van der Waals surface area contributed by atoms with Gasteiger partial charge in [0.15, 0.2) is 0 Å². The molecular weight excluding hydrogens is 307 g/mol. The Morgan fingerprint density at radius 2 is 1.81 bits per heavy atom. The Kier molecular flexibility index (Phi) is 5.05. The van der Waals surface area contributed by atoms with Crippen molar-refractivity contribution in [2.45, 2.75) is 13.8 Å². The van der Waals surface area contributed by atoms with Crippen LogP contribution in [0.1, 0.15) is 16.7 Å². The monoisotopic (exact) mass is 320 g/mol. The fourth-order valence-corrected chi connectivity index (χ4v) is 2.19. The SMILES string of the molecule is Cc1ccc(OC(=O)/C=C/c2ccc(Cl)cc2Cl)cc1C. The predicted octanol–water partition coefficient (Wildman–Crippen LogP) is 5.23. The average Bonchev–Trinajstić information content (AvgIpc) is 2.42. The van der Waals surface area contributed by atoms with Crippen LogP contribution in [0, 0.1) is 13.8 Å². The van der Waals surface area contributed by atoms with Crippen LogP contribution in [-0.2, 0) is 4.79 Å². The van der Waals surface area contributed by atoms with Crippen molar-refractivity contribution in [3.8, 4) is 5.75 Å². The molecule has 0 N–H and O–H groups in total. The van der Waals surface area contributed by atoms with E-state index in [4.69, 9.17) is 27.9 Å². The molecule has 0 radical (unpaired) electrons. The Hall–Kier alpha value is -1.77.